The van der Waals surface area contributed by atoms with Gasteiger partial charge < -0.3 is 19.5 Å². The Balaban J connectivity index is 1.84. The molecule has 1 aliphatic heterocycles. The Bertz CT molecular complexity index is 485. The molecule has 3 atom stereocenters. The molecule has 1 aromatic rings. The van der Waals surface area contributed by atoms with Gasteiger partial charge in [0, 0.05) is 20.4 Å². The van der Waals surface area contributed by atoms with Gasteiger partial charge in [-0.1, -0.05) is 6.07 Å². The molecule has 1 N–H and O–H groups in total. The summed E-state index contributed by atoms with van der Waals surface area (Å²) in [6.07, 6.45) is 1.46. The molecule has 2 heterocycles. The summed E-state index contributed by atoms with van der Waals surface area (Å²) in [5.41, 5.74) is 0.832. The summed E-state index contributed by atoms with van der Waals surface area (Å²) in [7, 11) is 5.18. The lowest BCUT2D eigenvalue weighted by molar-refractivity contribution is -0.155. The summed E-state index contributed by atoms with van der Waals surface area (Å²) >= 11 is 0. The van der Waals surface area contributed by atoms with Gasteiger partial charge in [0.2, 0.25) is 5.91 Å². The van der Waals surface area contributed by atoms with E-state index >= 15 is 0 Å². The van der Waals surface area contributed by atoms with E-state index in [0.29, 0.717) is 19.8 Å². The first kappa shape index (κ1) is 17.8. The maximum absolute atomic E-state index is 12.1. The van der Waals surface area contributed by atoms with Crippen molar-refractivity contribution in [1.82, 2.24) is 15.2 Å². The molecule has 128 valence electrons. The van der Waals surface area contributed by atoms with Crippen molar-refractivity contribution in [3.8, 4) is 0 Å². The van der Waals surface area contributed by atoms with Gasteiger partial charge in [-0.15, -0.1) is 0 Å². The molecule has 0 unspecified atom stereocenters. The Hall–Kier alpha value is -1.54. The standard InChI is InChI=1S/C16H25N3O4/c1-19(13-10-23-11-14(21-2)16(13)22-3)9-15(20)18-8-12-6-4-5-7-17-12/h4-7,13-14,16H,8-11H2,1-3H3,(H,18,20)/t13-,14-,16+/m1/s1. The summed E-state index contributed by atoms with van der Waals surface area (Å²) in [5, 5.41) is 2.87. The minimum Gasteiger partial charge on any atom is -0.377 e. The zero-order valence-electron chi connectivity index (χ0n) is 13.9. The van der Waals surface area contributed by atoms with Crippen LogP contribution in [-0.4, -0.2) is 75.1 Å². The molecule has 2 rings (SSSR count). The van der Waals surface area contributed by atoms with Gasteiger partial charge >= 0.3 is 0 Å². The van der Waals surface area contributed by atoms with Crippen LogP contribution in [0.3, 0.4) is 0 Å². The monoisotopic (exact) mass is 323 g/mol. The van der Waals surface area contributed by atoms with Crippen molar-refractivity contribution in [2.45, 2.75) is 24.8 Å². The number of hydrogen-bond acceptors (Lipinski definition) is 6. The van der Waals surface area contributed by atoms with Crippen LogP contribution in [0.5, 0.6) is 0 Å². The van der Waals surface area contributed by atoms with Crippen LogP contribution in [0.1, 0.15) is 5.69 Å². The zero-order valence-corrected chi connectivity index (χ0v) is 13.9. The van der Waals surface area contributed by atoms with Crippen LogP contribution in [0.15, 0.2) is 24.4 Å². The van der Waals surface area contributed by atoms with Gasteiger partial charge in [-0.3, -0.25) is 14.7 Å². The van der Waals surface area contributed by atoms with Crippen molar-refractivity contribution in [2.24, 2.45) is 0 Å². The molecule has 1 fully saturated rings. The molecule has 0 radical (unpaired) electrons. The summed E-state index contributed by atoms with van der Waals surface area (Å²) in [6.45, 7) is 1.70. The predicted molar refractivity (Wildman–Crippen MR) is 84.9 cm³/mol. The second kappa shape index (κ2) is 8.93. The first-order valence-electron chi connectivity index (χ1n) is 7.66. The molecular weight excluding hydrogens is 298 g/mol. The van der Waals surface area contributed by atoms with E-state index in [1.165, 1.54) is 0 Å². The topological polar surface area (TPSA) is 72.9 Å². The van der Waals surface area contributed by atoms with Crippen molar-refractivity contribution in [2.75, 3.05) is 41.0 Å². The fraction of sp³-hybridized carbons (Fsp3) is 0.625. The normalized spacial score (nSPS) is 24.6. The predicted octanol–water partition coefficient (Wildman–Crippen LogP) is 0.0584. The highest BCUT2D eigenvalue weighted by Crippen LogP contribution is 2.18. The number of nitrogens with one attached hydrogen (secondary N) is 1. The number of aromatic nitrogens is 1. The number of hydrogen-bond donors (Lipinski definition) is 1. The Morgan fingerprint density at radius 1 is 1.39 bits per heavy atom. The van der Waals surface area contributed by atoms with Gasteiger partial charge in [0.15, 0.2) is 0 Å². The molecule has 1 saturated heterocycles. The quantitative estimate of drug-likeness (QED) is 0.765. The Morgan fingerprint density at radius 2 is 2.22 bits per heavy atom. The van der Waals surface area contributed by atoms with E-state index in [0.717, 1.165) is 5.69 Å². The number of ether oxygens (including phenoxy) is 3. The summed E-state index contributed by atoms with van der Waals surface area (Å²) in [4.78, 5) is 18.2. The second-order valence-corrected chi connectivity index (χ2v) is 5.59. The van der Waals surface area contributed by atoms with Crippen molar-refractivity contribution in [3.05, 3.63) is 30.1 Å². The van der Waals surface area contributed by atoms with Crippen LogP contribution in [0.2, 0.25) is 0 Å². The third kappa shape index (κ3) is 4.97. The molecule has 0 aromatic carbocycles. The van der Waals surface area contributed by atoms with Crippen LogP contribution < -0.4 is 5.32 Å². The largest absolute Gasteiger partial charge is 0.377 e. The van der Waals surface area contributed by atoms with E-state index in [4.69, 9.17) is 14.2 Å². The fourth-order valence-corrected chi connectivity index (χ4v) is 2.72. The highest BCUT2D eigenvalue weighted by Gasteiger charge is 2.37. The summed E-state index contributed by atoms with van der Waals surface area (Å²) in [5.74, 6) is -0.0625. The highest BCUT2D eigenvalue weighted by molar-refractivity contribution is 5.77. The molecule has 7 heteroatoms. The Morgan fingerprint density at radius 3 is 2.87 bits per heavy atom. The lowest BCUT2D eigenvalue weighted by atomic mass is 10.0. The van der Waals surface area contributed by atoms with Crippen molar-refractivity contribution in [1.29, 1.82) is 0 Å². The number of likely N-dealkylation sites (N-methyl/N-ethyl adjacent to an activating group) is 1. The second-order valence-electron chi connectivity index (χ2n) is 5.59. The van der Waals surface area contributed by atoms with Gasteiger partial charge in [0.1, 0.15) is 12.2 Å². The highest BCUT2D eigenvalue weighted by atomic mass is 16.6. The molecular formula is C16H25N3O4. The van der Waals surface area contributed by atoms with Crippen LogP contribution in [0.4, 0.5) is 0 Å². The van der Waals surface area contributed by atoms with E-state index in [1.807, 2.05) is 30.1 Å². The molecule has 1 aliphatic rings. The van der Waals surface area contributed by atoms with E-state index in [-0.39, 0.29) is 30.7 Å². The van der Waals surface area contributed by atoms with E-state index < -0.39 is 0 Å². The summed E-state index contributed by atoms with van der Waals surface area (Å²) in [6, 6.07) is 5.59. The average molecular weight is 323 g/mol. The molecule has 1 amide bonds. The lowest BCUT2D eigenvalue weighted by Crippen LogP contribution is -2.57. The van der Waals surface area contributed by atoms with Gasteiger partial charge in [-0.05, 0) is 19.2 Å². The molecule has 7 nitrogen and oxygen atoms in total. The van der Waals surface area contributed by atoms with Gasteiger partial charge in [-0.25, -0.2) is 0 Å². The number of carbonyl (C=O) groups excluding carboxylic acids is 1. The van der Waals surface area contributed by atoms with Gasteiger partial charge in [0.25, 0.3) is 0 Å². The molecule has 0 spiro atoms. The fourth-order valence-electron chi connectivity index (χ4n) is 2.72. The average Bonchev–Trinajstić information content (AvgIpc) is 2.59. The number of carbonyl (C=O) groups is 1. The van der Waals surface area contributed by atoms with Crippen LogP contribution >= 0.6 is 0 Å². The van der Waals surface area contributed by atoms with Crippen molar-refractivity contribution >= 4 is 5.91 Å². The van der Waals surface area contributed by atoms with Crippen LogP contribution in [0, 0.1) is 0 Å². The Labute approximate surface area is 136 Å². The van der Waals surface area contributed by atoms with Crippen LogP contribution in [0.25, 0.3) is 0 Å². The van der Waals surface area contributed by atoms with Crippen LogP contribution in [-0.2, 0) is 25.5 Å². The molecule has 0 aliphatic carbocycles. The maximum atomic E-state index is 12.1. The van der Waals surface area contributed by atoms with Crippen molar-refractivity contribution in [3.63, 3.8) is 0 Å². The van der Waals surface area contributed by atoms with Gasteiger partial charge in [0.05, 0.1) is 38.0 Å². The minimum absolute atomic E-state index is 0.0284. The zero-order chi connectivity index (χ0) is 16.7. The maximum Gasteiger partial charge on any atom is 0.234 e. The number of nitrogens with zero attached hydrogens (tertiary/aromatic N) is 2. The molecule has 23 heavy (non-hydrogen) atoms. The molecule has 1 aromatic heterocycles. The third-order valence-corrected chi connectivity index (χ3v) is 4.04. The Kier molecular flexibility index (Phi) is 6.91. The number of pyridine rings is 1. The van der Waals surface area contributed by atoms with E-state index in [9.17, 15) is 4.79 Å². The lowest BCUT2D eigenvalue weighted by Gasteiger charge is -2.40. The SMILES string of the molecule is CO[C@H]1[C@H](N(C)CC(=O)NCc2ccccn2)COC[C@H]1OC. The van der Waals surface area contributed by atoms with Crippen molar-refractivity contribution < 1.29 is 19.0 Å². The van der Waals surface area contributed by atoms with E-state index in [1.54, 1.807) is 20.4 Å². The smallest absolute Gasteiger partial charge is 0.234 e. The first-order chi connectivity index (χ1) is 11.2. The summed E-state index contributed by atoms with van der Waals surface area (Å²) < 4.78 is 16.5. The minimum atomic E-state index is -0.127. The van der Waals surface area contributed by atoms with E-state index in [2.05, 4.69) is 10.3 Å². The number of amides is 1. The molecule has 0 saturated carbocycles. The number of rotatable bonds is 7. The number of methoxy groups -OCH3 is 2. The molecule has 0 bridgehead atoms. The third-order valence-electron chi connectivity index (χ3n) is 4.04. The first-order valence-corrected chi connectivity index (χ1v) is 7.66. The van der Waals surface area contributed by atoms with Gasteiger partial charge in [-0.2, -0.15) is 0 Å².